The van der Waals surface area contributed by atoms with Gasteiger partial charge in [0.15, 0.2) is 11.5 Å². The molecule has 1 amide bonds. The Kier molecular flexibility index (Phi) is 5.90. The van der Waals surface area contributed by atoms with Crippen LogP contribution >= 0.6 is 0 Å². The van der Waals surface area contributed by atoms with Gasteiger partial charge in [-0.25, -0.2) is 0 Å². The largest absolute Gasteiger partial charge is 0.493 e. The van der Waals surface area contributed by atoms with E-state index in [-0.39, 0.29) is 12.3 Å². The number of aryl methyl sites for hydroxylation is 1. The number of carbonyl (C=O) groups excluding carboxylic acids is 1. The molecule has 0 aliphatic rings. The van der Waals surface area contributed by atoms with E-state index in [1.807, 2.05) is 6.07 Å². The van der Waals surface area contributed by atoms with E-state index in [1.54, 1.807) is 12.1 Å². The number of nitrogens with one attached hydrogen (secondary N) is 1. The number of halogens is 3. The van der Waals surface area contributed by atoms with Crippen LogP contribution in [0.1, 0.15) is 17.5 Å². The summed E-state index contributed by atoms with van der Waals surface area (Å²) in [7, 11) is 3.04. The molecule has 0 unspecified atom stereocenters. The molecule has 2 aromatic rings. The SMILES string of the molecule is COc1cccc(CCC(=O)Nc2ccc(C(F)(F)F)cc2)c1OC. The van der Waals surface area contributed by atoms with Crippen molar-refractivity contribution in [2.75, 3.05) is 19.5 Å². The van der Waals surface area contributed by atoms with Crippen molar-refractivity contribution in [3.05, 3.63) is 53.6 Å². The Morgan fingerprint density at radius 3 is 2.28 bits per heavy atom. The van der Waals surface area contributed by atoms with Gasteiger partial charge >= 0.3 is 6.18 Å². The van der Waals surface area contributed by atoms with Crippen molar-refractivity contribution in [3.63, 3.8) is 0 Å². The summed E-state index contributed by atoms with van der Waals surface area (Å²) < 4.78 is 48.0. The molecule has 0 aliphatic heterocycles. The molecule has 134 valence electrons. The van der Waals surface area contributed by atoms with Gasteiger partial charge in [0.25, 0.3) is 0 Å². The Bertz CT molecular complexity index is 727. The van der Waals surface area contributed by atoms with Crippen LogP contribution in [0.2, 0.25) is 0 Å². The molecule has 0 aliphatic carbocycles. The Balaban J connectivity index is 1.97. The molecule has 0 radical (unpaired) electrons. The molecule has 4 nitrogen and oxygen atoms in total. The summed E-state index contributed by atoms with van der Waals surface area (Å²) in [4.78, 5) is 12.0. The number of rotatable bonds is 6. The molecule has 0 atom stereocenters. The van der Waals surface area contributed by atoms with Gasteiger partial charge < -0.3 is 14.8 Å². The predicted molar refractivity (Wildman–Crippen MR) is 87.9 cm³/mol. The molecular weight excluding hydrogens is 335 g/mol. The number of ether oxygens (including phenoxy) is 2. The molecule has 2 rings (SSSR count). The van der Waals surface area contributed by atoms with Crippen molar-refractivity contribution in [1.29, 1.82) is 0 Å². The fourth-order valence-corrected chi connectivity index (χ4v) is 2.36. The number of anilines is 1. The minimum Gasteiger partial charge on any atom is -0.493 e. The second-order valence-electron chi connectivity index (χ2n) is 5.28. The molecule has 0 heterocycles. The maximum Gasteiger partial charge on any atom is 0.416 e. The van der Waals surface area contributed by atoms with Gasteiger partial charge in [0.05, 0.1) is 19.8 Å². The van der Waals surface area contributed by atoms with E-state index in [2.05, 4.69) is 5.32 Å². The zero-order valence-electron chi connectivity index (χ0n) is 13.8. The van der Waals surface area contributed by atoms with Crippen LogP contribution in [-0.4, -0.2) is 20.1 Å². The molecule has 0 fully saturated rings. The Morgan fingerprint density at radius 1 is 1.04 bits per heavy atom. The van der Waals surface area contributed by atoms with E-state index in [4.69, 9.17) is 9.47 Å². The van der Waals surface area contributed by atoms with Crippen LogP contribution in [0.25, 0.3) is 0 Å². The van der Waals surface area contributed by atoms with Crippen molar-refractivity contribution in [2.24, 2.45) is 0 Å². The molecule has 0 saturated carbocycles. The van der Waals surface area contributed by atoms with Crippen molar-refractivity contribution < 1.29 is 27.4 Å². The molecule has 0 spiro atoms. The van der Waals surface area contributed by atoms with Gasteiger partial charge in [-0.1, -0.05) is 12.1 Å². The lowest BCUT2D eigenvalue weighted by Crippen LogP contribution is -2.13. The predicted octanol–water partition coefficient (Wildman–Crippen LogP) is 4.29. The van der Waals surface area contributed by atoms with Crippen molar-refractivity contribution >= 4 is 11.6 Å². The first-order valence-corrected chi connectivity index (χ1v) is 7.52. The molecule has 0 saturated heterocycles. The van der Waals surface area contributed by atoms with Gasteiger partial charge in [-0.2, -0.15) is 13.2 Å². The van der Waals surface area contributed by atoms with Crippen LogP contribution in [0.15, 0.2) is 42.5 Å². The molecular formula is C18H18F3NO3. The number of benzene rings is 2. The van der Waals surface area contributed by atoms with Crippen molar-refractivity contribution in [3.8, 4) is 11.5 Å². The maximum absolute atomic E-state index is 12.5. The van der Waals surface area contributed by atoms with Gasteiger partial charge in [-0.3, -0.25) is 4.79 Å². The summed E-state index contributed by atoms with van der Waals surface area (Å²) in [5.41, 5.74) is 0.367. The fourth-order valence-electron chi connectivity index (χ4n) is 2.36. The second-order valence-corrected chi connectivity index (χ2v) is 5.28. The molecule has 0 aromatic heterocycles. The van der Waals surface area contributed by atoms with Crippen LogP contribution < -0.4 is 14.8 Å². The lowest BCUT2D eigenvalue weighted by molar-refractivity contribution is -0.137. The van der Waals surface area contributed by atoms with Crippen LogP contribution in [0.5, 0.6) is 11.5 Å². The summed E-state index contributed by atoms with van der Waals surface area (Å²) in [6.07, 6.45) is -3.83. The quantitative estimate of drug-likeness (QED) is 0.843. The highest BCUT2D eigenvalue weighted by molar-refractivity contribution is 5.90. The van der Waals surface area contributed by atoms with Gasteiger partial charge in [-0.05, 0) is 42.3 Å². The van der Waals surface area contributed by atoms with Crippen molar-refractivity contribution in [2.45, 2.75) is 19.0 Å². The zero-order chi connectivity index (χ0) is 18.4. The summed E-state index contributed by atoms with van der Waals surface area (Å²) in [6.45, 7) is 0. The summed E-state index contributed by atoms with van der Waals surface area (Å²) >= 11 is 0. The zero-order valence-corrected chi connectivity index (χ0v) is 13.8. The molecule has 7 heteroatoms. The number of amides is 1. The third kappa shape index (κ3) is 4.89. The van der Waals surface area contributed by atoms with Gasteiger partial charge in [-0.15, -0.1) is 0 Å². The molecule has 2 aromatic carbocycles. The third-order valence-corrected chi connectivity index (χ3v) is 3.60. The smallest absolute Gasteiger partial charge is 0.416 e. The Hall–Kier alpha value is -2.70. The minimum absolute atomic E-state index is 0.157. The number of carbonyl (C=O) groups is 1. The highest BCUT2D eigenvalue weighted by atomic mass is 19.4. The number of alkyl halides is 3. The van der Waals surface area contributed by atoms with Gasteiger partial charge in [0.2, 0.25) is 5.91 Å². The van der Waals surface area contributed by atoms with E-state index < -0.39 is 11.7 Å². The third-order valence-electron chi connectivity index (χ3n) is 3.60. The average molecular weight is 353 g/mol. The first-order valence-electron chi connectivity index (χ1n) is 7.52. The number of para-hydroxylation sites is 1. The van der Waals surface area contributed by atoms with Gasteiger partial charge in [0, 0.05) is 12.1 Å². The number of hydrogen-bond acceptors (Lipinski definition) is 3. The normalized spacial score (nSPS) is 11.1. The lowest BCUT2D eigenvalue weighted by atomic mass is 10.1. The Morgan fingerprint density at radius 2 is 1.72 bits per heavy atom. The second kappa shape index (κ2) is 7.92. The van der Waals surface area contributed by atoms with Crippen LogP contribution in [-0.2, 0) is 17.4 Å². The first kappa shape index (κ1) is 18.6. The van der Waals surface area contributed by atoms with E-state index in [1.165, 1.54) is 26.4 Å². The fraction of sp³-hybridized carbons (Fsp3) is 0.278. The Labute approximate surface area is 143 Å². The summed E-state index contributed by atoms with van der Waals surface area (Å²) in [5, 5.41) is 2.58. The van der Waals surface area contributed by atoms with Crippen molar-refractivity contribution in [1.82, 2.24) is 0 Å². The van der Waals surface area contributed by atoms with E-state index in [0.29, 0.717) is 23.6 Å². The average Bonchev–Trinajstić information content (AvgIpc) is 2.59. The van der Waals surface area contributed by atoms with Crippen LogP contribution in [0.4, 0.5) is 18.9 Å². The van der Waals surface area contributed by atoms with E-state index >= 15 is 0 Å². The van der Waals surface area contributed by atoms with Crippen LogP contribution in [0, 0.1) is 0 Å². The number of hydrogen-bond donors (Lipinski definition) is 1. The lowest BCUT2D eigenvalue weighted by Gasteiger charge is -2.12. The van der Waals surface area contributed by atoms with Crippen LogP contribution in [0.3, 0.4) is 0 Å². The van der Waals surface area contributed by atoms with E-state index in [0.717, 1.165) is 17.7 Å². The van der Waals surface area contributed by atoms with Gasteiger partial charge in [0.1, 0.15) is 0 Å². The summed E-state index contributed by atoms with van der Waals surface area (Å²) in [6, 6.07) is 9.70. The molecule has 1 N–H and O–H groups in total. The standard InChI is InChI=1S/C18H18F3NO3/c1-24-15-5-3-4-12(17(15)25-2)6-11-16(23)22-14-9-7-13(8-10-14)18(19,20)21/h3-5,7-10H,6,11H2,1-2H3,(H,22,23). The van der Waals surface area contributed by atoms with E-state index in [9.17, 15) is 18.0 Å². The summed E-state index contributed by atoms with van der Waals surface area (Å²) in [5.74, 6) is 0.833. The highest BCUT2D eigenvalue weighted by Crippen LogP contribution is 2.32. The first-order chi connectivity index (χ1) is 11.8. The monoisotopic (exact) mass is 353 g/mol. The number of methoxy groups -OCH3 is 2. The molecule has 25 heavy (non-hydrogen) atoms. The highest BCUT2D eigenvalue weighted by Gasteiger charge is 2.29. The maximum atomic E-state index is 12.5. The topological polar surface area (TPSA) is 47.6 Å². The molecule has 0 bridgehead atoms. The minimum atomic E-state index is -4.40.